The predicted molar refractivity (Wildman–Crippen MR) is 56.1 cm³/mol. The monoisotopic (exact) mass is 206 g/mol. The van der Waals surface area contributed by atoms with Crippen LogP contribution in [-0.4, -0.2) is 33.9 Å². The number of carbonyl (C=O) groups is 1. The lowest BCUT2D eigenvalue weighted by Crippen LogP contribution is -2.29. The second-order valence-electron chi connectivity index (χ2n) is 3.97. The lowest BCUT2D eigenvalue weighted by atomic mass is 10.2. The van der Waals surface area contributed by atoms with E-state index in [2.05, 4.69) is 16.9 Å². The second kappa shape index (κ2) is 3.84. The number of rotatable bonds is 1. The van der Waals surface area contributed by atoms with E-state index in [1.807, 2.05) is 0 Å². The minimum absolute atomic E-state index is 0.0702. The summed E-state index contributed by atoms with van der Waals surface area (Å²) in [6.07, 6.45) is 3.95. The Balaban J connectivity index is 2.14. The smallest absolute Gasteiger partial charge is 0.274 e. The van der Waals surface area contributed by atoms with E-state index in [9.17, 15) is 4.79 Å². The van der Waals surface area contributed by atoms with Gasteiger partial charge in [-0.2, -0.15) is 0 Å². The summed E-state index contributed by atoms with van der Waals surface area (Å²) in [5.74, 6) is 0.787. The fourth-order valence-electron chi connectivity index (χ4n) is 1.77. The number of hydrogen-bond acceptors (Lipinski definition) is 4. The van der Waals surface area contributed by atoms with Crippen LogP contribution in [0.2, 0.25) is 0 Å². The van der Waals surface area contributed by atoms with E-state index in [4.69, 9.17) is 5.73 Å². The van der Waals surface area contributed by atoms with Gasteiger partial charge in [-0.1, -0.05) is 6.92 Å². The zero-order valence-corrected chi connectivity index (χ0v) is 8.68. The molecule has 1 amide bonds. The Morgan fingerprint density at radius 3 is 3.00 bits per heavy atom. The van der Waals surface area contributed by atoms with Crippen LogP contribution in [0.4, 0.5) is 5.82 Å². The molecule has 0 radical (unpaired) electrons. The van der Waals surface area contributed by atoms with Crippen LogP contribution in [0.5, 0.6) is 0 Å². The molecule has 0 spiro atoms. The van der Waals surface area contributed by atoms with E-state index in [1.165, 1.54) is 12.4 Å². The molecule has 1 unspecified atom stereocenters. The zero-order valence-electron chi connectivity index (χ0n) is 8.68. The minimum atomic E-state index is -0.0702. The van der Waals surface area contributed by atoms with Crippen LogP contribution in [0.15, 0.2) is 12.4 Å². The first kappa shape index (κ1) is 9.89. The highest BCUT2D eigenvalue weighted by Crippen LogP contribution is 2.17. The molecular weight excluding hydrogens is 192 g/mol. The maximum absolute atomic E-state index is 11.9. The molecule has 1 saturated heterocycles. The summed E-state index contributed by atoms with van der Waals surface area (Å²) in [7, 11) is 0. The first-order valence-corrected chi connectivity index (χ1v) is 5.03. The highest BCUT2D eigenvalue weighted by atomic mass is 16.2. The van der Waals surface area contributed by atoms with E-state index in [0.717, 1.165) is 19.5 Å². The molecule has 1 aliphatic rings. The van der Waals surface area contributed by atoms with Crippen molar-refractivity contribution in [1.82, 2.24) is 14.9 Å². The summed E-state index contributed by atoms with van der Waals surface area (Å²) in [5.41, 5.74) is 5.82. The van der Waals surface area contributed by atoms with Crippen molar-refractivity contribution < 1.29 is 4.79 Å². The lowest BCUT2D eigenvalue weighted by molar-refractivity contribution is 0.0782. The Hall–Kier alpha value is -1.65. The van der Waals surface area contributed by atoms with E-state index in [1.54, 1.807) is 4.90 Å². The molecular formula is C10H14N4O. The third-order valence-electron chi connectivity index (χ3n) is 2.58. The van der Waals surface area contributed by atoms with Crippen LogP contribution >= 0.6 is 0 Å². The fourth-order valence-corrected chi connectivity index (χ4v) is 1.77. The topological polar surface area (TPSA) is 72.1 Å². The first-order valence-electron chi connectivity index (χ1n) is 5.03. The number of aromatic nitrogens is 2. The van der Waals surface area contributed by atoms with E-state index in [0.29, 0.717) is 11.6 Å². The molecule has 5 heteroatoms. The fraction of sp³-hybridized carbons (Fsp3) is 0.500. The highest BCUT2D eigenvalue weighted by Gasteiger charge is 2.25. The Morgan fingerprint density at radius 1 is 1.60 bits per heavy atom. The summed E-state index contributed by atoms with van der Waals surface area (Å²) in [6, 6.07) is 0. The first-order chi connectivity index (χ1) is 7.16. The molecule has 0 aromatic carbocycles. The molecule has 80 valence electrons. The van der Waals surface area contributed by atoms with Gasteiger partial charge in [-0.3, -0.25) is 9.78 Å². The third kappa shape index (κ3) is 2.06. The predicted octanol–water partition coefficient (Wildman–Crippen LogP) is 0.541. The van der Waals surface area contributed by atoms with Gasteiger partial charge in [0, 0.05) is 13.1 Å². The van der Waals surface area contributed by atoms with Crippen LogP contribution in [0, 0.1) is 5.92 Å². The van der Waals surface area contributed by atoms with Crippen molar-refractivity contribution in [3.8, 4) is 0 Å². The van der Waals surface area contributed by atoms with Crippen LogP contribution in [-0.2, 0) is 0 Å². The maximum atomic E-state index is 11.9. The summed E-state index contributed by atoms with van der Waals surface area (Å²) in [4.78, 5) is 21.5. The number of nitrogen functional groups attached to an aromatic ring is 1. The minimum Gasteiger partial charge on any atom is -0.382 e. The maximum Gasteiger partial charge on any atom is 0.274 e. The van der Waals surface area contributed by atoms with Gasteiger partial charge in [0.25, 0.3) is 5.91 Å². The summed E-state index contributed by atoms with van der Waals surface area (Å²) in [5, 5.41) is 0. The average Bonchev–Trinajstić information content (AvgIpc) is 2.64. The van der Waals surface area contributed by atoms with Gasteiger partial charge in [0.1, 0.15) is 11.5 Å². The Morgan fingerprint density at radius 2 is 2.40 bits per heavy atom. The molecule has 1 fully saturated rings. The molecule has 1 aromatic rings. The van der Waals surface area contributed by atoms with Gasteiger partial charge in [-0.25, -0.2) is 4.98 Å². The number of amides is 1. The van der Waals surface area contributed by atoms with Crippen molar-refractivity contribution in [3.05, 3.63) is 18.1 Å². The molecule has 2 heterocycles. The average molecular weight is 206 g/mol. The SMILES string of the molecule is CC1CCN(C(=O)c2cncc(N)n2)C1. The van der Waals surface area contributed by atoms with Crippen LogP contribution in [0.1, 0.15) is 23.8 Å². The van der Waals surface area contributed by atoms with Crippen molar-refractivity contribution >= 4 is 11.7 Å². The number of nitrogens with two attached hydrogens (primary N) is 1. The molecule has 1 atom stereocenters. The van der Waals surface area contributed by atoms with Crippen molar-refractivity contribution in [2.75, 3.05) is 18.8 Å². The summed E-state index contributed by atoms with van der Waals surface area (Å²) < 4.78 is 0. The van der Waals surface area contributed by atoms with Crippen molar-refractivity contribution in [3.63, 3.8) is 0 Å². The standard InChI is InChI=1S/C10H14N4O/c1-7-2-3-14(6-7)10(15)8-4-12-5-9(11)13-8/h4-5,7H,2-3,6H2,1H3,(H2,11,13). The van der Waals surface area contributed by atoms with Gasteiger partial charge >= 0.3 is 0 Å². The highest BCUT2D eigenvalue weighted by molar-refractivity contribution is 5.92. The van der Waals surface area contributed by atoms with Gasteiger partial charge < -0.3 is 10.6 Å². The van der Waals surface area contributed by atoms with E-state index in [-0.39, 0.29) is 11.7 Å². The molecule has 0 aliphatic carbocycles. The van der Waals surface area contributed by atoms with Crippen LogP contribution in [0.25, 0.3) is 0 Å². The van der Waals surface area contributed by atoms with Crippen molar-refractivity contribution in [1.29, 1.82) is 0 Å². The normalized spacial score (nSPS) is 20.6. The molecule has 15 heavy (non-hydrogen) atoms. The molecule has 1 aromatic heterocycles. The van der Waals surface area contributed by atoms with Crippen molar-refractivity contribution in [2.24, 2.45) is 5.92 Å². The Labute approximate surface area is 88.3 Å². The van der Waals surface area contributed by atoms with Crippen molar-refractivity contribution in [2.45, 2.75) is 13.3 Å². The molecule has 1 aliphatic heterocycles. The molecule has 0 bridgehead atoms. The zero-order chi connectivity index (χ0) is 10.8. The third-order valence-corrected chi connectivity index (χ3v) is 2.58. The van der Waals surface area contributed by atoms with Gasteiger partial charge in [-0.15, -0.1) is 0 Å². The van der Waals surface area contributed by atoms with Crippen LogP contribution in [0.3, 0.4) is 0 Å². The molecule has 5 nitrogen and oxygen atoms in total. The van der Waals surface area contributed by atoms with Crippen LogP contribution < -0.4 is 5.73 Å². The quantitative estimate of drug-likeness (QED) is 0.728. The summed E-state index contributed by atoms with van der Waals surface area (Å²) >= 11 is 0. The largest absolute Gasteiger partial charge is 0.382 e. The van der Waals surface area contributed by atoms with E-state index < -0.39 is 0 Å². The van der Waals surface area contributed by atoms with Gasteiger partial charge in [0.15, 0.2) is 0 Å². The second-order valence-corrected chi connectivity index (χ2v) is 3.97. The van der Waals surface area contributed by atoms with Gasteiger partial charge in [0.2, 0.25) is 0 Å². The number of carbonyl (C=O) groups excluding carboxylic acids is 1. The molecule has 0 saturated carbocycles. The molecule has 2 N–H and O–H groups in total. The lowest BCUT2D eigenvalue weighted by Gasteiger charge is -2.14. The number of likely N-dealkylation sites (tertiary alicyclic amines) is 1. The number of hydrogen-bond donors (Lipinski definition) is 1. The van der Waals surface area contributed by atoms with E-state index >= 15 is 0 Å². The van der Waals surface area contributed by atoms with Gasteiger partial charge in [0.05, 0.1) is 12.4 Å². The Kier molecular flexibility index (Phi) is 2.53. The number of nitrogens with zero attached hydrogens (tertiary/aromatic N) is 3. The number of anilines is 1. The van der Waals surface area contributed by atoms with Gasteiger partial charge in [-0.05, 0) is 12.3 Å². The summed E-state index contributed by atoms with van der Waals surface area (Å²) in [6.45, 7) is 3.74. The Bertz CT molecular complexity index is 379. The molecule has 2 rings (SSSR count).